The number of Topliss-reactive ketones (excluding diaryl/α,β-unsaturated/α-hetero) is 1. The third kappa shape index (κ3) is 8.73. The standard InChI is InChI=1S/C48H70N2O15/c1-22-11-14-35(62-37-20-46(9,50(58)59)42(28(7)61-37)49-65-29(8)52)23(2)16-31-17-30(21-51)26(5)19-48(31)44(56)38(45(57)64-48)43(55)47(10)33(22)13-12-32-39(47)24(3)15-25(4)41(32)63-36-18-34(53)40(54)27(6)60-36/h11-13,16-17,24-28,31-37,39-42,49,51,53-55,58-59H,14-15,18-21H2,1-10H3. The predicted octanol–water partition coefficient (Wildman–Crippen LogP) is 4.67. The van der Waals surface area contributed by atoms with Crippen molar-refractivity contribution in [2.75, 3.05) is 6.61 Å². The number of allylic oxidation sites excluding steroid dienone is 3. The molecule has 7 N–H and O–H groups in total. The van der Waals surface area contributed by atoms with Gasteiger partial charge in [-0.05, 0) is 82.3 Å². The molecule has 3 heterocycles. The fraction of sp³-hybridized carbons (Fsp3) is 0.729. The first-order chi connectivity index (χ1) is 30.5. The predicted molar refractivity (Wildman–Crippen MR) is 231 cm³/mol. The fourth-order valence-electron chi connectivity index (χ4n) is 12.5. The van der Waals surface area contributed by atoms with Crippen molar-refractivity contribution >= 4 is 17.7 Å². The SMILES string of the molecule is CC(=O)ONC1C(C)OC(OC2CC=C(C)C3C=CC4C(OC5CC(O)C(O)C(C)O5)C(C)CC(C)C4C3(C)C(O)=C3C(=O)OC4(CC(C)C(CO)=CC4C=C2C)C3=O)CC1(C)N(O)O. The number of aliphatic hydroxyl groups excluding tert-OH is 4. The number of ether oxygens (including phenoxy) is 5. The van der Waals surface area contributed by atoms with Crippen LogP contribution in [0.1, 0.15) is 101 Å². The summed E-state index contributed by atoms with van der Waals surface area (Å²) >= 11 is 0. The van der Waals surface area contributed by atoms with E-state index in [4.69, 9.17) is 28.5 Å². The maximum atomic E-state index is 15.3. The monoisotopic (exact) mass is 914 g/mol. The topological polar surface area (TPSA) is 243 Å². The van der Waals surface area contributed by atoms with E-state index in [9.17, 15) is 40.4 Å². The highest BCUT2D eigenvalue weighted by molar-refractivity contribution is 6.26. The van der Waals surface area contributed by atoms with Crippen molar-refractivity contribution in [3.8, 4) is 0 Å². The van der Waals surface area contributed by atoms with Crippen LogP contribution in [0.4, 0.5) is 0 Å². The second kappa shape index (κ2) is 18.6. The van der Waals surface area contributed by atoms with Gasteiger partial charge in [0, 0.05) is 49.4 Å². The molecular weight excluding hydrogens is 845 g/mol. The van der Waals surface area contributed by atoms with E-state index in [1.807, 2.05) is 39.8 Å². The molecule has 0 aromatic rings. The van der Waals surface area contributed by atoms with Gasteiger partial charge in [0.1, 0.15) is 17.4 Å². The molecule has 17 nitrogen and oxygen atoms in total. The van der Waals surface area contributed by atoms with Gasteiger partial charge >= 0.3 is 11.9 Å². The Morgan fingerprint density at radius 3 is 2.26 bits per heavy atom. The van der Waals surface area contributed by atoms with Crippen LogP contribution in [0.2, 0.25) is 0 Å². The summed E-state index contributed by atoms with van der Waals surface area (Å²) in [7, 11) is 0. The number of nitrogens with one attached hydrogen (secondary N) is 1. The molecule has 4 aliphatic carbocycles. The molecule has 2 bridgehead atoms. The van der Waals surface area contributed by atoms with Gasteiger partial charge in [-0.2, -0.15) is 0 Å². The summed E-state index contributed by atoms with van der Waals surface area (Å²) in [6, 6.07) is -0.892. The summed E-state index contributed by atoms with van der Waals surface area (Å²) < 4.78 is 32.1. The van der Waals surface area contributed by atoms with Crippen LogP contribution in [0.15, 0.2) is 58.4 Å². The van der Waals surface area contributed by atoms with Gasteiger partial charge in [0.25, 0.3) is 0 Å². The Labute approximate surface area is 381 Å². The lowest BCUT2D eigenvalue weighted by Gasteiger charge is -2.56. The summed E-state index contributed by atoms with van der Waals surface area (Å²) in [5, 5.41) is 65.7. The minimum Gasteiger partial charge on any atom is -0.511 e. The van der Waals surface area contributed by atoms with E-state index < -0.39 is 107 Å². The van der Waals surface area contributed by atoms with Crippen LogP contribution in [-0.4, -0.2) is 127 Å². The first-order valence-corrected chi connectivity index (χ1v) is 23.1. The smallest absolute Gasteiger partial charge is 0.346 e. The number of rotatable bonds is 8. The van der Waals surface area contributed by atoms with Crippen molar-refractivity contribution in [1.82, 2.24) is 10.7 Å². The average molecular weight is 915 g/mol. The molecule has 1 saturated carbocycles. The van der Waals surface area contributed by atoms with Gasteiger partial charge in [-0.3, -0.25) is 20.0 Å². The molecular formula is C48H70N2O15. The lowest BCUT2D eigenvalue weighted by molar-refractivity contribution is -0.395. The number of ketones is 1. The Hall–Kier alpha value is -3.33. The quantitative estimate of drug-likeness (QED) is 0.0757. The van der Waals surface area contributed by atoms with Crippen molar-refractivity contribution in [1.29, 1.82) is 0 Å². The van der Waals surface area contributed by atoms with Crippen LogP contribution in [0, 0.1) is 46.8 Å². The molecule has 0 aromatic carbocycles. The molecule has 7 rings (SSSR count). The highest BCUT2D eigenvalue weighted by Gasteiger charge is 2.64. The molecule has 7 aliphatic rings. The molecule has 3 aliphatic heterocycles. The molecule has 65 heavy (non-hydrogen) atoms. The molecule has 0 radical (unpaired) electrons. The van der Waals surface area contributed by atoms with Gasteiger partial charge in [-0.1, -0.05) is 68.9 Å². The first kappa shape index (κ1) is 49.6. The summed E-state index contributed by atoms with van der Waals surface area (Å²) in [6.07, 6.45) is 4.11. The molecule has 17 heteroatoms. The molecule has 19 unspecified atom stereocenters. The molecule has 3 saturated heterocycles. The molecule has 0 aromatic heterocycles. The Balaban J connectivity index is 1.34. The number of carbonyl (C=O) groups is 3. The largest absolute Gasteiger partial charge is 0.511 e. The van der Waals surface area contributed by atoms with Crippen molar-refractivity contribution < 1.29 is 73.7 Å². The Morgan fingerprint density at radius 1 is 0.923 bits per heavy atom. The maximum Gasteiger partial charge on any atom is 0.346 e. The van der Waals surface area contributed by atoms with Crippen LogP contribution < -0.4 is 5.48 Å². The summed E-state index contributed by atoms with van der Waals surface area (Å²) in [5.41, 5.74) is -0.144. The van der Waals surface area contributed by atoms with Crippen molar-refractivity contribution in [3.63, 3.8) is 0 Å². The Bertz CT molecular complexity index is 2000. The van der Waals surface area contributed by atoms with E-state index in [2.05, 4.69) is 25.4 Å². The zero-order valence-electron chi connectivity index (χ0n) is 39.2. The normalized spacial score (nSPS) is 45.8. The number of hydrogen-bond donors (Lipinski definition) is 7. The summed E-state index contributed by atoms with van der Waals surface area (Å²) in [6.45, 7) is 17.6. The summed E-state index contributed by atoms with van der Waals surface area (Å²) in [4.78, 5) is 46.5. The number of fused-ring (bicyclic) bond motifs is 4. The number of carbonyl (C=O) groups excluding carboxylic acids is 3. The fourth-order valence-corrected chi connectivity index (χ4v) is 12.5. The van der Waals surface area contributed by atoms with E-state index in [0.29, 0.717) is 17.6 Å². The van der Waals surface area contributed by atoms with E-state index >= 15 is 4.79 Å². The third-order valence-electron chi connectivity index (χ3n) is 16.0. The molecule has 19 atom stereocenters. The van der Waals surface area contributed by atoms with Gasteiger partial charge in [-0.25, -0.2) is 4.79 Å². The molecule has 1 spiro atoms. The summed E-state index contributed by atoms with van der Waals surface area (Å²) in [5.74, 6) is -5.07. The Morgan fingerprint density at radius 2 is 1.62 bits per heavy atom. The van der Waals surface area contributed by atoms with Crippen LogP contribution in [0.25, 0.3) is 0 Å². The highest BCUT2D eigenvalue weighted by Crippen LogP contribution is 2.61. The Kier molecular flexibility index (Phi) is 14.2. The molecule has 4 fully saturated rings. The van der Waals surface area contributed by atoms with Crippen LogP contribution in [0.3, 0.4) is 0 Å². The number of hydroxylamine groups is 3. The van der Waals surface area contributed by atoms with Crippen molar-refractivity contribution in [3.05, 3.63) is 58.4 Å². The second-order valence-corrected chi connectivity index (χ2v) is 20.5. The van der Waals surface area contributed by atoms with Crippen LogP contribution in [-0.2, 0) is 42.9 Å². The number of esters is 1. The van der Waals surface area contributed by atoms with Crippen molar-refractivity contribution in [2.45, 2.75) is 168 Å². The lowest BCUT2D eigenvalue weighted by atomic mass is 9.49. The third-order valence-corrected chi connectivity index (χ3v) is 16.0. The minimum absolute atomic E-state index is 0.00786. The number of hydrogen-bond acceptors (Lipinski definition) is 17. The van der Waals surface area contributed by atoms with E-state index in [0.717, 1.165) is 5.57 Å². The highest BCUT2D eigenvalue weighted by atomic mass is 16.8. The van der Waals surface area contributed by atoms with Gasteiger partial charge in [0.2, 0.25) is 5.78 Å². The molecule has 0 amide bonds. The van der Waals surface area contributed by atoms with Gasteiger partial charge in [-0.15, -0.1) is 5.48 Å². The van der Waals surface area contributed by atoms with E-state index in [-0.39, 0.29) is 72.9 Å². The zero-order chi connectivity index (χ0) is 47.7. The number of aliphatic hydroxyl groups is 4. The zero-order valence-corrected chi connectivity index (χ0v) is 39.2. The van der Waals surface area contributed by atoms with Crippen LogP contribution >= 0.6 is 0 Å². The maximum absolute atomic E-state index is 15.3. The number of nitrogens with zero attached hydrogens (tertiary/aromatic N) is 1. The van der Waals surface area contributed by atoms with Gasteiger partial charge in [0.05, 0.1) is 48.7 Å². The average Bonchev–Trinajstić information content (AvgIpc) is 3.47. The van der Waals surface area contributed by atoms with Gasteiger partial charge < -0.3 is 48.9 Å². The van der Waals surface area contributed by atoms with Gasteiger partial charge in [0.15, 0.2) is 18.2 Å². The second-order valence-electron chi connectivity index (χ2n) is 20.5. The molecule has 362 valence electrons. The van der Waals surface area contributed by atoms with Crippen LogP contribution in [0.5, 0.6) is 0 Å². The van der Waals surface area contributed by atoms with E-state index in [1.54, 1.807) is 32.9 Å². The minimum atomic E-state index is -1.76. The van der Waals surface area contributed by atoms with Crippen molar-refractivity contribution in [2.24, 2.45) is 46.8 Å². The first-order valence-electron chi connectivity index (χ1n) is 23.1. The van der Waals surface area contributed by atoms with E-state index in [1.165, 1.54) is 6.92 Å². The lowest BCUT2D eigenvalue weighted by Crippen LogP contribution is -2.67.